The van der Waals surface area contributed by atoms with Crippen LogP contribution >= 0.6 is 22.6 Å². The summed E-state index contributed by atoms with van der Waals surface area (Å²) in [6, 6.07) is 0.324. The van der Waals surface area contributed by atoms with Crippen molar-refractivity contribution in [3.8, 4) is 0 Å². The van der Waals surface area contributed by atoms with Crippen LogP contribution in [0.1, 0.15) is 19.3 Å². The largest absolute Gasteiger partial charge is 0.393 e. The summed E-state index contributed by atoms with van der Waals surface area (Å²) >= 11 is 2.17. The molecule has 2 N–H and O–H groups in total. The van der Waals surface area contributed by atoms with Gasteiger partial charge in [-0.2, -0.15) is 0 Å². The molecule has 0 bridgehead atoms. The Kier molecular flexibility index (Phi) is 3.17. The number of hydrogen-bond donors (Lipinski definition) is 2. The Morgan fingerprint density at radius 3 is 2.64 bits per heavy atom. The van der Waals surface area contributed by atoms with Crippen LogP contribution in [0.4, 0.5) is 5.95 Å². The van der Waals surface area contributed by atoms with Gasteiger partial charge in [-0.15, -0.1) is 0 Å². The van der Waals surface area contributed by atoms with Gasteiger partial charge in [0, 0.05) is 22.0 Å². The van der Waals surface area contributed by atoms with Gasteiger partial charge in [-0.3, -0.25) is 0 Å². The summed E-state index contributed by atoms with van der Waals surface area (Å²) in [5.41, 5.74) is 0. The summed E-state index contributed by atoms with van der Waals surface area (Å²) in [6.45, 7) is 0. The van der Waals surface area contributed by atoms with Gasteiger partial charge in [-0.25, -0.2) is 9.97 Å². The smallest absolute Gasteiger partial charge is 0.222 e. The fraction of sp³-hybridized carbons (Fsp3) is 0.556. The number of hydrogen-bond acceptors (Lipinski definition) is 4. The van der Waals surface area contributed by atoms with Crippen molar-refractivity contribution >= 4 is 28.5 Å². The van der Waals surface area contributed by atoms with E-state index < -0.39 is 0 Å². The Morgan fingerprint density at radius 2 is 2.07 bits per heavy atom. The van der Waals surface area contributed by atoms with Crippen molar-refractivity contribution in [2.45, 2.75) is 31.4 Å². The highest BCUT2D eigenvalue weighted by atomic mass is 127. The van der Waals surface area contributed by atoms with Crippen LogP contribution in [0, 0.1) is 3.57 Å². The lowest BCUT2D eigenvalue weighted by atomic mass is 10.2. The molecule has 0 amide bonds. The maximum atomic E-state index is 9.34. The zero-order chi connectivity index (χ0) is 9.97. The maximum Gasteiger partial charge on any atom is 0.222 e. The van der Waals surface area contributed by atoms with Gasteiger partial charge in [-0.1, -0.05) is 0 Å². The van der Waals surface area contributed by atoms with E-state index in [1.54, 1.807) is 12.4 Å². The summed E-state index contributed by atoms with van der Waals surface area (Å²) in [5, 5.41) is 12.6. The van der Waals surface area contributed by atoms with Crippen LogP contribution in [0.25, 0.3) is 0 Å². The van der Waals surface area contributed by atoms with Gasteiger partial charge < -0.3 is 10.4 Å². The molecule has 0 spiro atoms. The Bertz CT molecular complexity index is 303. The lowest BCUT2D eigenvalue weighted by molar-refractivity contribution is 0.182. The van der Waals surface area contributed by atoms with Crippen molar-refractivity contribution in [2.24, 2.45) is 0 Å². The molecule has 0 aromatic carbocycles. The molecule has 1 aromatic rings. The van der Waals surface area contributed by atoms with E-state index in [2.05, 4.69) is 37.9 Å². The number of aliphatic hydroxyl groups excluding tert-OH is 1. The Labute approximate surface area is 96.3 Å². The van der Waals surface area contributed by atoms with E-state index in [1.807, 2.05) is 0 Å². The fourth-order valence-electron chi connectivity index (χ4n) is 1.66. The molecule has 0 radical (unpaired) electrons. The third kappa shape index (κ3) is 2.54. The first-order valence-electron chi connectivity index (χ1n) is 4.66. The first-order chi connectivity index (χ1) is 6.74. The van der Waals surface area contributed by atoms with Crippen LogP contribution in [0.2, 0.25) is 0 Å². The highest BCUT2D eigenvalue weighted by Gasteiger charge is 2.22. The van der Waals surface area contributed by atoms with E-state index in [-0.39, 0.29) is 6.10 Å². The number of halogens is 1. The molecular weight excluding hydrogens is 293 g/mol. The second-order valence-electron chi connectivity index (χ2n) is 3.53. The van der Waals surface area contributed by atoms with E-state index in [1.165, 1.54) is 0 Å². The molecule has 14 heavy (non-hydrogen) atoms. The Balaban J connectivity index is 1.94. The van der Waals surface area contributed by atoms with Crippen molar-refractivity contribution in [2.75, 3.05) is 5.32 Å². The summed E-state index contributed by atoms with van der Waals surface area (Å²) in [7, 11) is 0. The summed E-state index contributed by atoms with van der Waals surface area (Å²) < 4.78 is 1.03. The molecule has 1 aliphatic rings. The summed E-state index contributed by atoms with van der Waals surface area (Å²) in [6.07, 6.45) is 6.08. The van der Waals surface area contributed by atoms with E-state index in [0.29, 0.717) is 12.0 Å². The minimum Gasteiger partial charge on any atom is -0.393 e. The standard InChI is InChI=1S/C9H12IN3O/c10-6-4-11-9(12-5-6)13-7-1-2-8(14)3-7/h4-5,7-8,14H,1-3H2,(H,11,12,13)/t7-,8+/m0/s1. The molecule has 76 valence electrons. The monoisotopic (exact) mass is 305 g/mol. The minimum absolute atomic E-state index is 0.156. The van der Waals surface area contributed by atoms with Gasteiger partial charge in [0.15, 0.2) is 0 Å². The van der Waals surface area contributed by atoms with Crippen LogP contribution in [-0.2, 0) is 0 Å². The van der Waals surface area contributed by atoms with E-state index in [0.717, 1.165) is 22.8 Å². The van der Waals surface area contributed by atoms with Crippen molar-refractivity contribution in [1.29, 1.82) is 0 Å². The molecule has 1 saturated carbocycles. The Hall–Kier alpha value is -0.430. The molecule has 4 nitrogen and oxygen atoms in total. The topological polar surface area (TPSA) is 58.0 Å². The molecule has 1 fully saturated rings. The maximum absolute atomic E-state index is 9.34. The fourth-order valence-corrected chi connectivity index (χ4v) is 1.94. The number of aromatic nitrogens is 2. The van der Waals surface area contributed by atoms with Gasteiger partial charge >= 0.3 is 0 Å². The molecule has 5 heteroatoms. The van der Waals surface area contributed by atoms with Gasteiger partial charge in [0.25, 0.3) is 0 Å². The molecular formula is C9H12IN3O. The van der Waals surface area contributed by atoms with E-state index in [4.69, 9.17) is 0 Å². The van der Waals surface area contributed by atoms with Crippen LogP contribution < -0.4 is 5.32 Å². The predicted molar refractivity (Wildman–Crippen MR) is 62.0 cm³/mol. The zero-order valence-corrected chi connectivity index (χ0v) is 9.81. The number of aliphatic hydroxyl groups is 1. The van der Waals surface area contributed by atoms with E-state index >= 15 is 0 Å². The van der Waals surface area contributed by atoms with Gasteiger partial charge in [0.05, 0.1) is 6.10 Å². The van der Waals surface area contributed by atoms with Crippen LogP contribution in [0.15, 0.2) is 12.4 Å². The highest BCUT2D eigenvalue weighted by Crippen LogP contribution is 2.21. The molecule has 0 aliphatic heterocycles. The van der Waals surface area contributed by atoms with Gasteiger partial charge in [0.2, 0.25) is 5.95 Å². The second-order valence-corrected chi connectivity index (χ2v) is 4.78. The van der Waals surface area contributed by atoms with Crippen molar-refractivity contribution in [1.82, 2.24) is 9.97 Å². The van der Waals surface area contributed by atoms with Crippen molar-refractivity contribution in [3.63, 3.8) is 0 Å². The lowest BCUT2D eigenvalue weighted by Crippen LogP contribution is -2.18. The number of rotatable bonds is 2. The first kappa shape index (κ1) is 10.1. The third-order valence-corrected chi connectivity index (χ3v) is 2.92. The molecule has 2 rings (SSSR count). The Morgan fingerprint density at radius 1 is 1.36 bits per heavy atom. The average Bonchev–Trinajstić information content (AvgIpc) is 2.56. The summed E-state index contributed by atoms with van der Waals surface area (Å²) in [4.78, 5) is 8.31. The second kappa shape index (κ2) is 4.39. The van der Waals surface area contributed by atoms with Crippen LogP contribution in [-0.4, -0.2) is 27.2 Å². The molecule has 0 unspecified atom stereocenters. The van der Waals surface area contributed by atoms with Crippen molar-refractivity contribution < 1.29 is 5.11 Å². The molecule has 2 atom stereocenters. The van der Waals surface area contributed by atoms with Gasteiger partial charge in [-0.05, 0) is 41.9 Å². The van der Waals surface area contributed by atoms with Crippen LogP contribution in [0.5, 0.6) is 0 Å². The minimum atomic E-state index is -0.156. The molecule has 0 saturated heterocycles. The average molecular weight is 305 g/mol. The van der Waals surface area contributed by atoms with E-state index in [9.17, 15) is 5.11 Å². The molecule has 1 heterocycles. The molecule has 1 aliphatic carbocycles. The quantitative estimate of drug-likeness (QED) is 0.811. The van der Waals surface area contributed by atoms with Gasteiger partial charge in [0.1, 0.15) is 0 Å². The van der Waals surface area contributed by atoms with Crippen molar-refractivity contribution in [3.05, 3.63) is 16.0 Å². The van der Waals surface area contributed by atoms with Crippen LogP contribution in [0.3, 0.4) is 0 Å². The zero-order valence-electron chi connectivity index (χ0n) is 7.65. The number of nitrogens with zero attached hydrogens (tertiary/aromatic N) is 2. The molecule has 1 aromatic heterocycles. The summed E-state index contributed by atoms with van der Waals surface area (Å²) in [5.74, 6) is 0.657. The number of anilines is 1. The first-order valence-corrected chi connectivity index (χ1v) is 5.74. The number of nitrogens with one attached hydrogen (secondary N) is 1. The normalized spacial score (nSPS) is 26.4. The predicted octanol–water partition coefficient (Wildman–Crippen LogP) is 1.41. The SMILES string of the molecule is O[C@@H]1CC[C@H](Nc2ncc(I)cn2)C1. The third-order valence-electron chi connectivity index (χ3n) is 2.36. The lowest BCUT2D eigenvalue weighted by Gasteiger charge is -2.11. The highest BCUT2D eigenvalue weighted by molar-refractivity contribution is 14.1.